The molecule has 0 radical (unpaired) electrons. The number of benzene rings is 2. The van der Waals surface area contributed by atoms with Gasteiger partial charge in [-0.1, -0.05) is 18.2 Å². The lowest BCUT2D eigenvalue weighted by Gasteiger charge is -2.38. The van der Waals surface area contributed by atoms with E-state index in [2.05, 4.69) is 4.98 Å². The second-order valence-corrected chi connectivity index (χ2v) is 8.91. The number of carbonyl (C=O) groups is 1. The number of likely N-dealkylation sites (tertiary alicyclic amines) is 1. The number of nitrogens with zero attached hydrogens (tertiary/aromatic N) is 1. The van der Waals surface area contributed by atoms with Gasteiger partial charge in [-0.2, -0.15) is 0 Å². The first-order chi connectivity index (χ1) is 13.0. The number of para-hydroxylation sites is 1. The van der Waals surface area contributed by atoms with Gasteiger partial charge in [-0.05, 0) is 35.9 Å². The molecule has 0 spiro atoms. The standard InChI is InChI=1S/C20H20N2O4S/c1-26-15-6-8-16(9-7-15)27(24,25)17-12-22(13-17)20(23)10-14-11-21-19-5-3-2-4-18(14)19/h2-9,11,17,21H,10,12-13H2,1H3. The van der Waals surface area contributed by atoms with Crippen molar-refractivity contribution in [2.24, 2.45) is 0 Å². The van der Waals surface area contributed by atoms with E-state index in [1.54, 1.807) is 29.2 Å². The van der Waals surface area contributed by atoms with Crippen LogP contribution in [0.25, 0.3) is 10.9 Å². The van der Waals surface area contributed by atoms with Crippen LogP contribution < -0.4 is 4.74 Å². The number of nitrogens with one attached hydrogen (secondary N) is 1. The molecule has 0 atom stereocenters. The molecule has 1 fully saturated rings. The number of sulfone groups is 1. The SMILES string of the molecule is COc1ccc(S(=O)(=O)C2CN(C(=O)Cc3c[nH]c4ccccc34)C2)cc1. The number of hydrogen-bond donors (Lipinski definition) is 1. The minimum Gasteiger partial charge on any atom is -0.497 e. The summed E-state index contributed by atoms with van der Waals surface area (Å²) < 4.78 is 30.4. The molecular formula is C20H20N2O4S. The number of aromatic nitrogens is 1. The van der Waals surface area contributed by atoms with Crippen LogP contribution in [0.1, 0.15) is 5.56 Å². The number of carbonyl (C=O) groups excluding carboxylic acids is 1. The van der Waals surface area contributed by atoms with Crippen molar-refractivity contribution >= 4 is 26.6 Å². The van der Waals surface area contributed by atoms with E-state index in [1.165, 1.54) is 7.11 Å². The average molecular weight is 384 g/mol. The van der Waals surface area contributed by atoms with Crippen LogP contribution in [0.15, 0.2) is 59.6 Å². The summed E-state index contributed by atoms with van der Waals surface area (Å²) in [7, 11) is -1.91. The summed E-state index contributed by atoms with van der Waals surface area (Å²) in [4.78, 5) is 17.6. The van der Waals surface area contributed by atoms with Crippen molar-refractivity contribution < 1.29 is 17.9 Å². The van der Waals surface area contributed by atoms with Crippen molar-refractivity contribution in [3.63, 3.8) is 0 Å². The summed E-state index contributed by atoms with van der Waals surface area (Å²) in [6.07, 6.45) is 2.10. The molecule has 0 bridgehead atoms. The van der Waals surface area contributed by atoms with Crippen LogP contribution in [0.2, 0.25) is 0 Å². The fourth-order valence-electron chi connectivity index (χ4n) is 3.35. The maximum Gasteiger partial charge on any atom is 0.227 e. The maximum absolute atomic E-state index is 12.7. The van der Waals surface area contributed by atoms with Gasteiger partial charge in [-0.25, -0.2) is 8.42 Å². The number of hydrogen-bond acceptors (Lipinski definition) is 4. The smallest absolute Gasteiger partial charge is 0.227 e. The predicted molar refractivity (Wildman–Crippen MR) is 103 cm³/mol. The highest BCUT2D eigenvalue weighted by Gasteiger charge is 2.40. The van der Waals surface area contributed by atoms with Crippen molar-refractivity contribution in [1.82, 2.24) is 9.88 Å². The molecule has 1 saturated heterocycles. The summed E-state index contributed by atoms with van der Waals surface area (Å²) in [6, 6.07) is 14.2. The molecule has 6 nitrogen and oxygen atoms in total. The van der Waals surface area contributed by atoms with Crippen LogP contribution in [-0.2, 0) is 21.1 Å². The highest BCUT2D eigenvalue weighted by molar-refractivity contribution is 7.92. The van der Waals surface area contributed by atoms with Crippen LogP contribution in [0.4, 0.5) is 0 Å². The zero-order valence-corrected chi connectivity index (χ0v) is 15.7. The van der Waals surface area contributed by atoms with Gasteiger partial charge in [0.2, 0.25) is 5.91 Å². The van der Waals surface area contributed by atoms with Crippen LogP contribution in [0, 0.1) is 0 Å². The number of ether oxygens (including phenoxy) is 1. The Hall–Kier alpha value is -2.80. The molecular weight excluding hydrogens is 364 g/mol. The molecule has 1 N–H and O–H groups in total. The summed E-state index contributed by atoms with van der Waals surface area (Å²) in [5.41, 5.74) is 1.92. The predicted octanol–water partition coefficient (Wildman–Crippen LogP) is 2.40. The van der Waals surface area contributed by atoms with Gasteiger partial charge < -0.3 is 14.6 Å². The molecule has 3 aromatic rings. The van der Waals surface area contributed by atoms with Gasteiger partial charge >= 0.3 is 0 Å². The topological polar surface area (TPSA) is 79.5 Å². The third-order valence-corrected chi connectivity index (χ3v) is 7.15. The summed E-state index contributed by atoms with van der Waals surface area (Å²) in [6.45, 7) is 0.463. The Morgan fingerprint density at radius 2 is 1.85 bits per heavy atom. The quantitative estimate of drug-likeness (QED) is 0.733. The van der Waals surface area contributed by atoms with E-state index in [1.807, 2.05) is 30.5 Å². The summed E-state index contributed by atoms with van der Waals surface area (Å²) in [5, 5.41) is 0.464. The Morgan fingerprint density at radius 1 is 1.15 bits per heavy atom. The van der Waals surface area contributed by atoms with E-state index in [4.69, 9.17) is 4.74 Å². The number of rotatable bonds is 5. The van der Waals surface area contributed by atoms with Crippen LogP contribution in [0.3, 0.4) is 0 Å². The number of amides is 1. The second-order valence-electron chi connectivity index (χ2n) is 6.68. The summed E-state index contributed by atoms with van der Waals surface area (Å²) in [5.74, 6) is 0.555. The Labute approximate surface area is 157 Å². The minimum atomic E-state index is -3.45. The molecule has 0 aliphatic carbocycles. The molecule has 1 aliphatic heterocycles. The van der Waals surface area contributed by atoms with Crippen LogP contribution >= 0.6 is 0 Å². The van der Waals surface area contributed by atoms with Crippen molar-refractivity contribution in [2.75, 3.05) is 20.2 Å². The molecule has 2 heterocycles. The Kier molecular flexibility index (Phi) is 4.39. The highest BCUT2D eigenvalue weighted by Crippen LogP contribution is 2.26. The lowest BCUT2D eigenvalue weighted by atomic mass is 10.1. The first-order valence-corrected chi connectivity index (χ1v) is 10.2. The first kappa shape index (κ1) is 17.6. The fraction of sp³-hybridized carbons (Fsp3) is 0.250. The van der Waals surface area contributed by atoms with E-state index in [0.29, 0.717) is 5.75 Å². The lowest BCUT2D eigenvalue weighted by molar-refractivity contribution is -0.133. The number of H-pyrrole nitrogens is 1. The highest BCUT2D eigenvalue weighted by atomic mass is 32.2. The van der Waals surface area contributed by atoms with Gasteiger partial charge in [0.15, 0.2) is 9.84 Å². The molecule has 0 unspecified atom stereocenters. The zero-order valence-electron chi connectivity index (χ0n) is 14.9. The maximum atomic E-state index is 12.7. The monoisotopic (exact) mass is 384 g/mol. The molecule has 1 aromatic heterocycles. The molecule has 1 aliphatic rings. The lowest BCUT2D eigenvalue weighted by Crippen LogP contribution is -2.57. The van der Waals surface area contributed by atoms with E-state index in [9.17, 15) is 13.2 Å². The number of methoxy groups -OCH3 is 1. The molecule has 140 valence electrons. The molecule has 1 amide bonds. The van der Waals surface area contributed by atoms with E-state index in [-0.39, 0.29) is 30.3 Å². The van der Waals surface area contributed by atoms with Gasteiger partial charge in [0.05, 0.1) is 18.4 Å². The normalized spacial score (nSPS) is 14.9. The third kappa shape index (κ3) is 3.19. The van der Waals surface area contributed by atoms with Crippen molar-refractivity contribution in [2.45, 2.75) is 16.6 Å². The second kappa shape index (κ2) is 6.74. The van der Waals surface area contributed by atoms with Gasteiger partial charge in [-0.15, -0.1) is 0 Å². The van der Waals surface area contributed by atoms with Gasteiger partial charge in [0.25, 0.3) is 0 Å². The van der Waals surface area contributed by atoms with E-state index >= 15 is 0 Å². The summed E-state index contributed by atoms with van der Waals surface area (Å²) >= 11 is 0. The Balaban J connectivity index is 1.41. The van der Waals surface area contributed by atoms with Crippen LogP contribution in [0.5, 0.6) is 5.75 Å². The van der Waals surface area contributed by atoms with Gasteiger partial charge in [0.1, 0.15) is 11.0 Å². The van der Waals surface area contributed by atoms with Crippen LogP contribution in [-0.4, -0.2) is 49.7 Å². The number of fused-ring (bicyclic) bond motifs is 1. The third-order valence-electron chi connectivity index (χ3n) is 5.04. The Bertz CT molecular complexity index is 1080. The molecule has 2 aromatic carbocycles. The van der Waals surface area contributed by atoms with Gasteiger partial charge in [-0.3, -0.25) is 4.79 Å². The molecule has 7 heteroatoms. The van der Waals surface area contributed by atoms with E-state index < -0.39 is 15.1 Å². The fourth-order valence-corrected chi connectivity index (χ4v) is 5.00. The van der Waals surface area contributed by atoms with Crippen molar-refractivity contribution in [3.05, 3.63) is 60.3 Å². The van der Waals surface area contributed by atoms with Crippen molar-refractivity contribution in [3.8, 4) is 5.75 Å². The zero-order chi connectivity index (χ0) is 19.0. The minimum absolute atomic E-state index is 0.0547. The Morgan fingerprint density at radius 3 is 2.56 bits per heavy atom. The molecule has 4 rings (SSSR count). The number of aromatic amines is 1. The van der Waals surface area contributed by atoms with Gasteiger partial charge in [0, 0.05) is 30.2 Å². The molecule has 27 heavy (non-hydrogen) atoms. The first-order valence-electron chi connectivity index (χ1n) is 8.70. The molecule has 0 saturated carbocycles. The van der Waals surface area contributed by atoms with Crippen molar-refractivity contribution in [1.29, 1.82) is 0 Å². The largest absolute Gasteiger partial charge is 0.497 e. The van der Waals surface area contributed by atoms with E-state index in [0.717, 1.165) is 16.5 Å². The average Bonchev–Trinajstić information content (AvgIpc) is 3.03.